The second-order valence-corrected chi connectivity index (χ2v) is 4.49. The first-order chi connectivity index (χ1) is 8.53. The van der Waals surface area contributed by atoms with Crippen molar-refractivity contribution in [1.82, 2.24) is 10.2 Å². The van der Waals surface area contributed by atoms with Crippen LogP contribution in [0, 0.1) is 0 Å². The Morgan fingerprint density at radius 3 is 2.58 bits per heavy atom. The number of benzene rings is 1. The minimum atomic E-state index is -3.45. The van der Waals surface area contributed by atoms with Gasteiger partial charge in [0.15, 0.2) is 0 Å². The second kappa shape index (κ2) is 6.30. The van der Waals surface area contributed by atoms with Gasteiger partial charge in [0.2, 0.25) is 0 Å². The van der Waals surface area contributed by atoms with Crippen LogP contribution >= 0.6 is 12.4 Å². The molecule has 3 nitrogen and oxygen atoms in total. The fraction of sp³-hybridized carbons (Fsp3) is 0.462. The van der Waals surface area contributed by atoms with Crippen molar-refractivity contribution in [1.29, 1.82) is 0 Å². The van der Waals surface area contributed by atoms with Crippen molar-refractivity contribution in [3.63, 3.8) is 0 Å². The van der Waals surface area contributed by atoms with E-state index in [1.807, 2.05) is 0 Å². The lowest BCUT2D eigenvalue weighted by molar-refractivity contribution is -0.162. The average Bonchev–Trinajstić information content (AvgIpc) is 2.39. The topological polar surface area (TPSA) is 32.3 Å². The van der Waals surface area contributed by atoms with Gasteiger partial charge < -0.3 is 10.2 Å². The number of nitrogens with one attached hydrogen (secondary N) is 1. The number of alkyl halides is 2. The lowest BCUT2D eigenvalue weighted by Crippen LogP contribution is -2.55. The summed E-state index contributed by atoms with van der Waals surface area (Å²) in [5.41, 5.74) is -0.249. The Hall–Kier alpha value is -1.20. The van der Waals surface area contributed by atoms with Crippen molar-refractivity contribution in [2.75, 3.05) is 19.6 Å². The lowest BCUT2D eigenvalue weighted by Gasteiger charge is -2.36. The zero-order chi connectivity index (χ0) is 13.2. The molecule has 1 unspecified atom stereocenters. The maximum absolute atomic E-state index is 14.1. The first-order valence-corrected chi connectivity index (χ1v) is 5.98. The Balaban J connectivity index is 0.00000180. The van der Waals surface area contributed by atoms with Crippen molar-refractivity contribution in [3.05, 3.63) is 35.9 Å². The van der Waals surface area contributed by atoms with Crippen LogP contribution in [0.3, 0.4) is 0 Å². The molecule has 1 amide bonds. The highest BCUT2D eigenvalue weighted by Crippen LogP contribution is 2.30. The van der Waals surface area contributed by atoms with Crippen LogP contribution < -0.4 is 5.32 Å². The van der Waals surface area contributed by atoms with Crippen LogP contribution in [0.2, 0.25) is 0 Å². The Labute approximate surface area is 117 Å². The monoisotopic (exact) mass is 290 g/mol. The first kappa shape index (κ1) is 15.9. The quantitative estimate of drug-likeness (QED) is 0.904. The molecule has 0 aromatic heterocycles. The number of amides is 1. The summed E-state index contributed by atoms with van der Waals surface area (Å²) in [6.45, 7) is 3.20. The van der Waals surface area contributed by atoms with Crippen LogP contribution in [0.15, 0.2) is 30.3 Å². The molecule has 1 aliphatic heterocycles. The van der Waals surface area contributed by atoms with Gasteiger partial charge in [0.05, 0.1) is 0 Å². The summed E-state index contributed by atoms with van der Waals surface area (Å²) in [5, 5.41) is 3.07. The number of halogens is 3. The first-order valence-electron chi connectivity index (χ1n) is 5.98. The largest absolute Gasteiger partial charge is 0.349 e. The van der Waals surface area contributed by atoms with E-state index >= 15 is 0 Å². The Morgan fingerprint density at radius 1 is 1.37 bits per heavy atom. The fourth-order valence-electron chi connectivity index (χ4n) is 2.09. The van der Waals surface area contributed by atoms with E-state index in [1.54, 1.807) is 13.0 Å². The summed E-state index contributed by atoms with van der Waals surface area (Å²) < 4.78 is 28.2. The Morgan fingerprint density at radius 2 is 2.00 bits per heavy atom. The van der Waals surface area contributed by atoms with Crippen LogP contribution in [-0.4, -0.2) is 36.5 Å². The molecule has 1 heterocycles. The smallest absolute Gasteiger partial charge is 0.332 e. The Bertz CT molecular complexity index is 428. The van der Waals surface area contributed by atoms with Gasteiger partial charge in [-0.15, -0.1) is 12.4 Å². The molecule has 1 saturated heterocycles. The molecule has 0 bridgehead atoms. The van der Waals surface area contributed by atoms with Crippen molar-refractivity contribution in [3.8, 4) is 0 Å². The number of rotatable bonds is 2. The van der Waals surface area contributed by atoms with Crippen molar-refractivity contribution in [2.24, 2.45) is 0 Å². The third kappa shape index (κ3) is 3.22. The summed E-state index contributed by atoms with van der Waals surface area (Å²) in [6, 6.07) is 7.03. The normalized spacial score (nSPS) is 19.7. The summed E-state index contributed by atoms with van der Waals surface area (Å²) in [6.07, 6.45) is 0. The van der Waals surface area contributed by atoms with Gasteiger partial charge in [-0.3, -0.25) is 4.79 Å². The zero-order valence-electron chi connectivity index (χ0n) is 10.6. The Kier molecular flexibility index (Phi) is 5.26. The van der Waals surface area contributed by atoms with E-state index in [9.17, 15) is 13.6 Å². The van der Waals surface area contributed by atoms with Crippen molar-refractivity contribution < 1.29 is 13.6 Å². The zero-order valence-corrected chi connectivity index (χ0v) is 11.4. The molecule has 19 heavy (non-hydrogen) atoms. The van der Waals surface area contributed by atoms with Crippen LogP contribution in [0.5, 0.6) is 0 Å². The summed E-state index contributed by atoms with van der Waals surface area (Å²) in [7, 11) is 0. The van der Waals surface area contributed by atoms with Crippen LogP contribution in [0.25, 0.3) is 0 Å². The molecule has 2 rings (SSSR count). The number of nitrogens with zero attached hydrogens (tertiary/aromatic N) is 1. The predicted octanol–water partition coefficient (Wildman–Crippen LogP) is 2.02. The average molecular weight is 291 g/mol. The molecule has 0 saturated carbocycles. The van der Waals surface area contributed by atoms with E-state index in [2.05, 4.69) is 5.32 Å². The minimum Gasteiger partial charge on any atom is -0.332 e. The van der Waals surface area contributed by atoms with Gasteiger partial charge in [-0.05, 0) is 6.92 Å². The van der Waals surface area contributed by atoms with Crippen LogP contribution in [0.4, 0.5) is 8.78 Å². The molecule has 1 fully saturated rings. The molecular formula is C13H17ClF2N2O. The van der Waals surface area contributed by atoms with Gasteiger partial charge >= 0.3 is 5.92 Å². The molecule has 106 valence electrons. The van der Waals surface area contributed by atoms with Crippen molar-refractivity contribution in [2.45, 2.75) is 18.9 Å². The van der Waals surface area contributed by atoms with Gasteiger partial charge in [0.25, 0.3) is 5.91 Å². The van der Waals surface area contributed by atoms with E-state index in [1.165, 1.54) is 29.2 Å². The number of hydrogen-bond acceptors (Lipinski definition) is 2. The molecule has 1 atom stereocenters. The van der Waals surface area contributed by atoms with E-state index in [-0.39, 0.29) is 24.0 Å². The summed E-state index contributed by atoms with van der Waals surface area (Å²) in [5.74, 6) is -4.56. The van der Waals surface area contributed by atoms with Gasteiger partial charge in [-0.1, -0.05) is 30.3 Å². The van der Waals surface area contributed by atoms with Gasteiger partial charge in [0, 0.05) is 31.2 Å². The second-order valence-electron chi connectivity index (χ2n) is 4.49. The maximum Gasteiger partial charge on any atom is 0.349 e. The molecule has 0 spiro atoms. The molecule has 1 aromatic carbocycles. The van der Waals surface area contributed by atoms with Gasteiger partial charge in [-0.25, -0.2) is 0 Å². The molecular weight excluding hydrogens is 274 g/mol. The minimum absolute atomic E-state index is 0. The third-order valence-corrected chi connectivity index (χ3v) is 3.17. The molecule has 1 aromatic rings. The summed E-state index contributed by atoms with van der Waals surface area (Å²) in [4.78, 5) is 13.2. The van der Waals surface area contributed by atoms with Crippen molar-refractivity contribution >= 4 is 18.3 Å². The van der Waals surface area contributed by atoms with E-state index in [0.717, 1.165) is 0 Å². The molecule has 1 aliphatic rings. The lowest BCUT2D eigenvalue weighted by atomic mass is 10.1. The molecule has 0 radical (unpaired) electrons. The summed E-state index contributed by atoms with van der Waals surface area (Å²) >= 11 is 0. The number of carbonyl (C=O) groups excluding carboxylic acids is 1. The SMILES string of the molecule is CC1CNCCN1C(=O)C(F)(F)c1ccccc1.Cl. The van der Waals surface area contributed by atoms with E-state index in [4.69, 9.17) is 0 Å². The molecule has 0 aliphatic carbocycles. The highest BCUT2D eigenvalue weighted by atomic mass is 35.5. The van der Waals surface area contributed by atoms with E-state index < -0.39 is 11.8 Å². The standard InChI is InChI=1S/C13H16F2N2O.ClH/c1-10-9-16-7-8-17(10)12(18)13(14,15)11-5-3-2-4-6-11;/h2-6,10,16H,7-9H2,1H3;1H. The fourth-order valence-corrected chi connectivity index (χ4v) is 2.09. The molecule has 1 N–H and O–H groups in total. The highest BCUT2D eigenvalue weighted by Gasteiger charge is 2.45. The number of hydrogen-bond donors (Lipinski definition) is 1. The van der Waals surface area contributed by atoms with Crippen LogP contribution in [-0.2, 0) is 10.7 Å². The number of piperazine rings is 1. The third-order valence-electron chi connectivity index (χ3n) is 3.17. The number of carbonyl (C=O) groups is 1. The highest BCUT2D eigenvalue weighted by molar-refractivity contribution is 5.85. The van der Waals surface area contributed by atoms with Crippen LogP contribution in [0.1, 0.15) is 12.5 Å². The molecule has 6 heteroatoms. The van der Waals surface area contributed by atoms with Gasteiger partial charge in [-0.2, -0.15) is 8.78 Å². The maximum atomic E-state index is 14.1. The van der Waals surface area contributed by atoms with Gasteiger partial charge in [0.1, 0.15) is 0 Å². The predicted molar refractivity (Wildman–Crippen MR) is 71.6 cm³/mol. The van der Waals surface area contributed by atoms with E-state index in [0.29, 0.717) is 19.6 Å².